The van der Waals surface area contributed by atoms with Crippen LogP contribution in [0.15, 0.2) is 12.3 Å². The van der Waals surface area contributed by atoms with E-state index in [2.05, 4.69) is 16.4 Å². The quantitative estimate of drug-likeness (QED) is 0.777. The lowest BCUT2D eigenvalue weighted by Crippen LogP contribution is -2.32. The van der Waals surface area contributed by atoms with E-state index in [0.717, 1.165) is 19.4 Å². The molecule has 1 radical (unpaired) electrons. The van der Waals surface area contributed by atoms with Crippen LogP contribution in [0.2, 0.25) is 0 Å². The summed E-state index contributed by atoms with van der Waals surface area (Å²) in [5.41, 5.74) is 5.28. The molecule has 95 valence electrons. The van der Waals surface area contributed by atoms with E-state index in [1.54, 1.807) is 0 Å². The second kappa shape index (κ2) is 5.59. The Kier molecular flexibility index (Phi) is 3.88. The number of nitrogens with one attached hydrogen (secondary N) is 1. The van der Waals surface area contributed by atoms with Crippen LogP contribution in [0.5, 0.6) is 0 Å². The molecule has 1 saturated heterocycles. The van der Waals surface area contributed by atoms with Gasteiger partial charge in [0.25, 0.3) is 11.8 Å². The fourth-order valence-electron chi connectivity index (χ4n) is 1.75. The molecule has 6 nitrogen and oxygen atoms in total. The van der Waals surface area contributed by atoms with Crippen molar-refractivity contribution in [2.45, 2.75) is 18.9 Å². The highest BCUT2D eigenvalue weighted by atomic mass is 16.5. The monoisotopic (exact) mass is 248 g/mol. The van der Waals surface area contributed by atoms with Gasteiger partial charge < -0.3 is 15.8 Å². The molecule has 0 aromatic carbocycles. The van der Waals surface area contributed by atoms with Crippen LogP contribution in [-0.4, -0.2) is 36.1 Å². The van der Waals surface area contributed by atoms with Crippen molar-refractivity contribution in [2.24, 2.45) is 5.73 Å². The first-order valence-electron chi connectivity index (χ1n) is 5.75. The molecule has 2 heterocycles. The molecule has 1 aromatic rings. The summed E-state index contributed by atoms with van der Waals surface area (Å²) in [5, 5.41) is 2.73. The number of primary amides is 1. The highest BCUT2D eigenvalue weighted by Gasteiger charge is 2.17. The smallest absolute Gasteiger partial charge is 0.267 e. The maximum atomic E-state index is 11.8. The molecule has 3 N–H and O–H groups in total. The molecule has 2 amide bonds. The number of rotatable bonds is 4. The zero-order valence-corrected chi connectivity index (χ0v) is 9.81. The lowest BCUT2D eigenvalue weighted by Gasteiger charge is -2.10. The van der Waals surface area contributed by atoms with E-state index in [1.165, 1.54) is 12.3 Å². The van der Waals surface area contributed by atoms with Crippen molar-refractivity contribution < 1.29 is 14.3 Å². The predicted molar refractivity (Wildman–Crippen MR) is 62.9 cm³/mol. The van der Waals surface area contributed by atoms with Crippen molar-refractivity contribution in [1.29, 1.82) is 0 Å². The maximum Gasteiger partial charge on any atom is 0.267 e. The van der Waals surface area contributed by atoms with Gasteiger partial charge in [0, 0.05) is 25.4 Å². The molecule has 0 aliphatic carbocycles. The lowest BCUT2D eigenvalue weighted by molar-refractivity contribution is 0.0857. The van der Waals surface area contributed by atoms with Gasteiger partial charge in [0.1, 0.15) is 5.69 Å². The van der Waals surface area contributed by atoms with Crippen molar-refractivity contribution in [1.82, 2.24) is 10.3 Å². The van der Waals surface area contributed by atoms with Crippen LogP contribution < -0.4 is 11.1 Å². The molecular formula is C12H14N3O3. The second-order valence-corrected chi connectivity index (χ2v) is 4.04. The van der Waals surface area contributed by atoms with Gasteiger partial charge in [0.15, 0.2) is 0 Å². The summed E-state index contributed by atoms with van der Waals surface area (Å²) in [7, 11) is 0. The average Bonchev–Trinajstić information content (AvgIpc) is 2.89. The van der Waals surface area contributed by atoms with Crippen molar-refractivity contribution in [3.05, 3.63) is 29.6 Å². The Labute approximate surface area is 105 Å². The summed E-state index contributed by atoms with van der Waals surface area (Å²) in [6.07, 6.45) is 3.41. The molecule has 2 rings (SSSR count). The van der Waals surface area contributed by atoms with Crippen molar-refractivity contribution in [2.75, 3.05) is 13.2 Å². The Morgan fingerprint density at radius 2 is 2.44 bits per heavy atom. The van der Waals surface area contributed by atoms with Gasteiger partial charge in [-0.3, -0.25) is 14.6 Å². The molecule has 1 aliphatic heterocycles. The molecule has 6 heteroatoms. The molecule has 1 fully saturated rings. The van der Waals surface area contributed by atoms with Gasteiger partial charge in [-0.25, -0.2) is 0 Å². The number of hydrogen-bond acceptors (Lipinski definition) is 4. The summed E-state index contributed by atoms with van der Waals surface area (Å²) in [6.45, 7) is 1.20. The Bertz CT molecular complexity index is 456. The summed E-state index contributed by atoms with van der Waals surface area (Å²) in [6, 6.07) is 4.06. The number of ether oxygens (including phenoxy) is 1. The predicted octanol–water partition coefficient (Wildman–Crippen LogP) is -0.111. The second-order valence-electron chi connectivity index (χ2n) is 4.04. The summed E-state index contributed by atoms with van der Waals surface area (Å²) in [5.74, 6) is -1.01. The normalized spacial score (nSPS) is 18.6. The van der Waals surface area contributed by atoms with Gasteiger partial charge in [-0.05, 0) is 18.9 Å². The fraction of sp³-hybridized carbons (Fsp3) is 0.417. The highest BCUT2D eigenvalue weighted by molar-refractivity contribution is 5.97. The summed E-state index contributed by atoms with van der Waals surface area (Å²) >= 11 is 0. The number of carbonyl (C=O) groups excluding carboxylic acids is 2. The Hall–Kier alpha value is -1.95. The van der Waals surface area contributed by atoms with E-state index in [9.17, 15) is 9.59 Å². The fourth-order valence-corrected chi connectivity index (χ4v) is 1.75. The first-order chi connectivity index (χ1) is 8.66. The van der Waals surface area contributed by atoms with Crippen LogP contribution in [0, 0.1) is 6.07 Å². The molecule has 0 saturated carbocycles. The summed E-state index contributed by atoms with van der Waals surface area (Å²) < 4.78 is 5.39. The van der Waals surface area contributed by atoms with Gasteiger partial charge in [-0.15, -0.1) is 0 Å². The van der Waals surface area contributed by atoms with E-state index in [0.29, 0.717) is 6.54 Å². The molecule has 1 aromatic heterocycles. The van der Waals surface area contributed by atoms with Crippen LogP contribution in [0.3, 0.4) is 0 Å². The number of amides is 2. The molecule has 0 bridgehead atoms. The number of hydrogen-bond donors (Lipinski definition) is 2. The lowest BCUT2D eigenvalue weighted by atomic mass is 10.2. The number of aromatic nitrogens is 1. The topological polar surface area (TPSA) is 94.3 Å². The molecule has 1 aliphatic rings. The minimum Gasteiger partial charge on any atom is -0.376 e. The number of pyridine rings is 1. The van der Waals surface area contributed by atoms with Crippen LogP contribution in [-0.2, 0) is 4.74 Å². The molecule has 18 heavy (non-hydrogen) atoms. The van der Waals surface area contributed by atoms with Gasteiger partial charge in [0.05, 0.1) is 11.7 Å². The van der Waals surface area contributed by atoms with E-state index >= 15 is 0 Å². The van der Waals surface area contributed by atoms with Crippen molar-refractivity contribution >= 4 is 11.8 Å². The zero-order valence-electron chi connectivity index (χ0n) is 9.81. The Morgan fingerprint density at radius 1 is 1.61 bits per heavy atom. The SMILES string of the molecule is NC(=O)c1[c]c(C(=O)NCC2CCCO2)ccn1. The van der Waals surface area contributed by atoms with Gasteiger partial charge in [0.2, 0.25) is 0 Å². The summed E-state index contributed by atoms with van der Waals surface area (Å²) in [4.78, 5) is 26.4. The highest BCUT2D eigenvalue weighted by Crippen LogP contribution is 2.10. The van der Waals surface area contributed by atoms with Crippen LogP contribution in [0.1, 0.15) is 33.7 Å². The first-order valence-corrected chi connectivity index (χ1v) is 5.75. The van der Waals surface area contributed by atoms with Crippen LogP contribution >= 0.6 is 0 Å². The van der Waals surface area contributed by atoms with Gasteiger partial charge >= 0.3 is 0 Å². The van der Waals surface area contributed by atoms with E-state index in [1.807, 2.05) is 0 Å². The number of nitrogens with two attached hydrogens (primary N) is 1. The third-order valence-corrected chi connectivity index (χ3v) is 2.69. The zero-order chi connectivity index (χ0) is 13.0. The van der Waals surface area contributed by atoms with Gasteiger partial charge in [-0.1, -0.05) is 0 Å². The molecular weight excluding hydrogens is 234 g/mol. The molecule has 0 spiro atoms. The van der Waals surface area contributed by atoms with Crippen LogP contribution in [0.4, 0.5) is 0 Å². The minimum absolute atomic E-state index is 0.0419. The molecule has 1 unspecified atom stereocenters. The van der Waals surface area contributed by atoms with Crippen molar-refractivity contribution in [3.8, 4) is 0 Å². The standard InChI is InChI=1S/C12H14N3O3/c13-11(16)10-6-8(3-4-14-10)12(17)15-7-9-2-1-5-18-9/h3-4,9H,1-2,5,7H2,(H2,13,16)(H,15,17). The Balaban J connectivity index is 1.95. The average molecular weight is 248 g/mol. The maximum absolute atomic E-state index is 11.8. The third-order valence-electron chi connectivity index (χ3n) is 2.69. The van der Waals surface area contributed by atoms with Crippen molar-refractivity contribution in [3.63, 3.8) is 0 Å². The van der Waals surface area contributed by atoms with Gasteiger partial charge in [-0.2, -0.15) is 0 Å². The molecule has 1 atom stereocenters. The Morgan fingerprint density at radius 3 is 3.11 bits per heavy atom. The minimum atomic E-state index is -0.705. The van der Waals surface area contributed by atoms with E-state index in [-0.39, 0.29) is 23.3 Å². The first kappa shape index (κ1) is 12.5. The van der Waals surface area contributed by atoms with Crippen LogP contribution in [0.25, 0.3) is 0 Å². The third kappa shape index (κ3) is 3.04. The largest absolute Gasteiger partial charge is 0.376 e. The number of nitrogens with zero attached hydrogens (tertiary/aromatic N) is 1. The van der Waals surface area contributed by atoms with E-state index in [4.69, 9.17) is 10.5 Å². The number of carbonyl (C=O) groups is 2. The van der Waals surface area contributed by atoms with E-state index < -0.39 is 5.91 Å².